The number of hydrogen-bond donors (Lipinski definition) is 3. The molecule has 1 aromatic carbocycles. The number of rotatable bonds is 3. The highest BCUT2D eigenvalue weighted by molar-refractivity contribution is 5.86. The average molecular weight is 258 g/mol. The van der Waals surface area contributed by atoms with Crippen molar-refractivity contribution in [3.63, 3.8) is 0 Å². The molecule has 0 saturated carbocycles. The normalized spacial score (nSPS) is 16.3. The summed E-state index contributed by atoms with van der Waals surface area (Å²) in [6.45, 7) is 0. The molecular weight excluding hydrogens is 240 g/mol. The molecule has 1 atom stereocenters. The first-order valence-corrected chi connectivity index (χ1v) is 6.75. The van der Waals surface area contributed by atoms with Crippen molar-refractivity contribution in [2.24, 2.45) is 5.73 Å². The third kappa shape index (κ3) is 2.24. The van der Waals surface area contributed by atoms with E-state index in [0.717, 1.165) is 29.3 Å². The molecule has 0 bridgehead atoms. The highest BCUT2D eigenvalue weighted by Crippen LogP contribution is 2.28. The number of benzene rings is 1. The van der Waals surface area contributed by atoms with Gasteiger partial charge in [-0.15, -0.1) is 0 Å². The van der Waals surface area contributed by atoms with Crippen molar-refractivity contribution in [3.05, 3.63) is 35.0 Å². The fourth-order valence-electron chi connectivity index (χ4n) is 2.91. The van der Waals surface area contributed by atoms with Crippen LogP contribution in [0, 0.1) is 0 Å². The van der Waals surface area contributed by atoms with Crippen LogP contribution in [0.4, 0.5) is 0 Å². The number of carboxylic acid groups (broad SMARTS) is 1. The van der Waals surface area contributed by atoms with E-state index in [9.17, 15) is 4.79 Å². The molecule has 2 aromatic rings. The van der Waals surface area contributed by atoms with Crippen LogP contribution >= 0.6 is 0 Å². The van der Waals surface area contributed by atoms with Gasteiger partial charge in [0.15, 0.2) is 0 Å². The molecule has 0 amide bonds. The van der Waals surface area contributed by atoms with Crippen molar-refractivity contribution in [2.75, 3.05) is 0 Å². The van der Waals surface area contributed by atoms with Gasteiger partial charge in [0, 0.05) is 23.5 Å². The second-order valence-corrected chi connectivity index (χ2v) is 5.34. The van der Waals surface area contributed by atoms with Gasteiger partial charge in [-0.05, 0) is 54.5 Å². The summed E-state index contributed by atoms with van der Waals surface area (Å²) in [5.74, 6) is -0.952. The predicted octanol–water partition coefficient (Wildman–Crippen LogP) is 2.00. The number of aromatic amines is 1. The number of fused-ring (bicyclic) bond motifs is 2. The summed E-state index contributed by atoms with van der Waals surface area (Å²) in [4.78, 5) is 14.1. The summed E-state index contributed by atoms with van der Waals surface area (Å²) in [6.07, 6.45) is 7.03. The molecule has 0 fully saturated rings. The lowest BCUT2D eigenvalue weighted by Gasteiger charge is -2.16. The molecule has 4 N–H and O–H groups in total. The standard InChI is InChI=1S/C15H18N2O2/c16-13(15(18)19)6-11-8-17-14-7-10-4-2-1-3-9(10)5-12(11)14/h5,7-8,13,17H,1-4,6,16H2,(H,18,19). The van der Waals surface area contributed by atoms with Gasteiger partial charge in [0.2, 0.25) is 0 Å². The Morgan fingerprint density at radius 3 is 2.68 bits per heavy atom. The van der Waals surface area contributed by atoms with E-state index in [1.54, 1.807) is 0 Å². The van der Waals surface area contributed by atoms with E-state index in [1.165, 1.54) is 24.0 Å². The zero-order chi connectivity index (χ0) is 13.4. The number of nitrogens with two attached hydrogens (primary N) is 1. The first-order chi connectivity index (χ1) is 9.15. The van der Waals surface area contributed by atoms with Crippen LogP contribution in [0.15, 0.2) is 18.3 Å². The molecule has 100 valence electrons. The molecular formula is C15H18N2O2. The van der Waals surface area contributed by atoms with E-state index in [4.69, 9.17) is 10.8 Å². The van der Waals surface area contributed by atoms with Crippen molar-refractivity contribution in [1.82, 2.24) is 4.98 Å². The Kier molecular flexibility index (Phi) is 3.03. The van der Waals surface area contributed by atoms with Gasteiger partial charge < -0.3 is 15.8 Å². The molecule has 1 aliphatic rings. The van der Waals surface area contributed by atoms with Gasteiger partial charge in [0.1, 0.15) is 6.04 Å². The largest absolute Gasteiger partial charge is 0.480 e. The fraction of sp³-hybridized carbons (Fsp3) is 0.400. The Bertz CT molecular complexity index is 630. The van der Waals surface area contributed by atoms with Gasteiger partial charge in [-0.3, -0.25) is 4.79 Å². The van der Waals surface area contributed by atoms with Crippen LogP contribution in [0.5, 0.6) is 0 Å². The summed E-state index contributed by atoms with van der Waals surface area (Å²) in [6, 6.07) is 3.58. The summed E-state index contributed by atoms with van der Waals surface area (Å²) in [5, 5.41) is 10.0. The third-order valence-electron chi connectivity index (χ3n) is 3.99. The smallest absolute Gasteiger partial charge is 0.320 e. The summed E-state index contributed by atoms with van der Waals surface area (Å²) >= 11 is 0. The van der Waals surface area contributed by atoms with E-state index < -0.39 is 12.0 Å². The van der Waals surface area contributed by atoms with Gasteiger partial charge in [-0.25, -0.2) is 0 Å². The Balaban J connectivity index is 2.00. The van der Waals surface area contributed by atoms with Crippen molar-refractivity contribution >= 4 is 16.9 Å². The minimum atomic E-state index is -0.952. The quantitative estimate of drug-likeness (QED) is 0.787. The molecule has 0 saturated heterocycles. The second kappa shape index (κ2) is 4.70. The van der Waals surface area contributed by atoms with Gasteiger partial charge in [0.05, 0.1) is 0 Å². The molecule has 1 unspecified atom stereocenters. The lowest BCUT2D eigenvalue weighted by atomic mass is 9.90. The number of aromatic nitrogens is 1. The topological polar surface area (TPSA) is 79.1 Å². The van der Waals surface area contributed by atoms with Crippen LogP contribution in [0.2, 0.25) is 0 Å². The lowest BCUT2D eigenvalue weighted by Crippen LogP contribution is -2.32. The summed E-state index contributed by atoms with van der Waals surface area (Å²) in [5.41, 5.74) is 10.5. The molecule has 4 nitrogen and oxygen atoms in total. The molecule has 1 aromatic heterocycles. The maximum absolute atomic E-state index is 10.9. The minimum Gasteiger partial charge on any atom is -0.480 e. The molecule has 1 heterocycles. The van der Waals surface area contributed by atoms with Crippen LogP contribution in [0.1, 0.15) is 29.5 Å². The fourth-order valence-corrected chi connectivity index (χ4v) is 2.91. The highest BCUT2D eigenvalue weighted by Gasteiger charge is 2.17. The number of aryl methyl sites for hydroxylation is 2. The monoisotopic (exact) mass is 258 g/mol. The maximum atomic E-state index is 10.9. The van der Waals surface area contributed by atoms with Crippen LogP contribution in [0.3, 0.4) is 0 Å². The van der Waals surface area contributed by atoms with Crippen LogP contribution < -0.4 is 5.73 Å². The molecule has 19 heavy (non-hydrogen) atoms. The molecule has 3 rings (SSSR count). The first-order valence-electron chi connectivity index (χ1n) is 6.75. The van der Waals surface area contributed by atoms with Crippen molar-refractivity contribution in [2.45, 2.75) is 38.1 Å². The average Bonchev–Trinajstić information content (AvgIpc) is 2.78. The van der Waals surface area contributed by atoms with Crippen molar-refractivity contribution in [3.8, 4) is 0 Å². The third-order valence-corrected chi connectivity index (χ3v) is 3.99. The zero-order valence-corrected chi connectivity index (χ0v) is 10.8. The molecule has 0 aliphatic heterocycles. The maximum Gasteiger partial charge on any atom is 0.320 e. The van der Waals surface area contributed by atoms with Gasteiger partial charge in [0.25, 0.3) is 0 Å². The number of H-pyrrole nitrogens is 1. The lowest BCUT2D eigenvalue weighted by molar-refractivity contribution is -0.138. The molecule has 0 radical (unpaired) electrons. The number of carboxylic acids is 1. The van der Waals surface area contributed by atoms with E-state index in [2.05, 4.69) is 17.1 Å². The van der Waals surface area contributed by atoms with Crippen LogP contribution in [-0.4, -0.2) is 22.1 Å². The predicted molar refractivity (Wildman–Crippen MR) is 74.3 cm³/mol. The Labute approximate surface area is 111 Å². The Morgan fingerprint density at radius 2 is 2.00 bits per heavy atom. The molecule has 0 spiro atoms. The number of hydrogen-bond acceptors (Lipinski definition) is 2. The Hall–Kier alpha value is -1.81. The van der Waals surface area contributed by atoms with Gasteiger partial charge in [-0.1, -0.05) is 0 Å². The van der Waals surface area contributed by atoms with Crippen LogP contribution in [-0.2, 0) is 24.1 Å². The van der Waals surface area contributed by atoms with Crippen LogP contribution in [0.25, 0.3) is 10.9 Å². The van der Waals surface area contributed by atoms with Gasteiger partial charge in [-0.2, -0.15) is 0 Å². The summed E-state index contributed by atoms with van der Waals surface area (Å²) < 4.78 is 0. The van der Waals surface area contributed by atoms with E-state index in [0.29, 0.717) is 6.42 Å². The van der Waals surface area contributed by atoms with Gasteiger partial charge >= 0.3 is 5.97 Å². The van der Waals surface area contributed by atoms with E-state index in [1.807, 2.05) is 6.20 Å². The second-order valence-electron chi connectivity index (χ2n) is 5.34. The summed E-state index contributed by atoms with van der Waals surface area (Å²) in [7, 11) is 0. The number of carbonyl (C=O) groups is 1. The molecule has 4 heteroatoms. The Morgan fingerprint density at radius 1 is 1.32 bits per heavy atom. The number of nitrogens with one attached hydrogen (secondary N) is 1. The highest BCUT2D eigenvalue weighted by atomic mass is 16.4. The van der Waals surface area contributed by atoms with E-state index in [-0.39, 0.29) is 0 Å². The minimum absolute atomic E-state index is 0.369. The molecule has 1 aliphatic carbocycles. The van der Waals surface area contributed by atoms with Crippen molar-refractivity contribution < 1.29 is 9.90 Å². The number of aliphatic carboxylic acids is 1. The zero-order valence-electron chi connectivity index (χ0n) is 10.8. The SMILES string of the molecule is NC(Cc1c[nH]c2cc3c(cc12)CCCC3)C(=O)O. The van der Waals surface area contributed by atoms with Crippen molar-refractivity contribution in [1.29, 1.82) is 0 Å². The van der Waals surface area contributed by atoms with E-state index >= 15 is 0 Å². The first kappa shape index (κ1) is 12.2.